The van der Waals surface area contributed by atoms with Gasteiger partial charge >= 0.3 is 0 Å². The molecule has 1 saturated heterocycles. The van der Waals surface area contributed by atoms with Crippen molar-refractivity contribution in [2.45, 2.75) is 33.2 Å². The Labute approximate surface area is 149 Å². The minimum Gasteiger partial charge on any atom is -0.493 e. The molecule has 1 amide bonds. The first kappa shape index (κ1) is 17.9. The van der Waals surface area contributed by atoms with E-state index in [9.17, 15) is 4.79 Å². The van der Waals surface area contributed by atoms with E-state index in [1.165, 1.54) is 0 Å². The lowest BCUT2D eigenvalue weighted by Crippen LogP contribution is -2.44. The van der Waals surface area contributed by atoms with E-state index in [1.807, 2.05) is 30.9 Å². The largest absolute Gasteiger partial charge is 0.493 e. The lowest BCUT2D eigenvalue weighted by atomic mass is 9.96. The molecule has 0 spiro atoms. The van der Waals surface area contributed by atoms with Gasteiger partial charge in [0.2, 0.25) is 18.4 Å². The van der Waals surface area contributed by atoms with Gasteiger partial charge in [0.1, 0.15) is 0 Å². The molecule has 0 N–H and O–H groups in total. The summed E-state index contributed by atoms with van der Waals surface area (Å²) in [6.07, 6.45) is 2.04. The monoisotopic (exact) mass is 348 g/mol. The zero-order chi connectivity index (χ0) is 17.8. The summed E-state index contributed by atoms with van der Waals surface area (Å²) in [6.45, 7) is 8.50. The molecule has 0 aromatic heterocycles. The summed E-state index contributed by atoms with van der Waals surface area (Å²) in [6, 6.07) is 4.02. The zero-order valence-corrected chi connectivity index (χ0v) is 15.4. The third kappa shape index (κ3) is 3.84. The number of rotatable bonds is 6. The Hall–Kier alpha value is -1.95. The van der Waals surface area contributed by atoms with E-state index >= 15 is 0 Å². The number of ether oxygens (including phenoxy) is 3. The molecule has 2 heterocycles. The van der Waals surface area contributed by atoms with Gasteiger partial charge in [-0.05, 0) is 50.9 Å². The lowest BCUT2D eigenvalue weighted by molar-refractivity contribution is -0.137. The molecule has 2 aliphatic rings. The summed E-state index contributed by atoms with van der Waals surface area (Å²) in [5, 5.41) is 0. The highest BCUT2D eigenvalue weighted by molar-refractivity contribution is 5.79. The topological polar surface area (TPSA) is 51.2 Å². The molecule has 0 bridgehead atoms. The standard InChI is InChI=1S/C19H28N2O4/c1-4-21(5-2)19(22)15-7-6-8-20(12-15)11-14-9-16(23-3)18-17(10-14)24-13-25-18/h9-10,15H,4-8,11-13H2,1-3H3. The summed E-state index contributed by atoms with van der Waals surface area (Å²) in [7, 11) is 1.64. The highest BCUT2D eigenvalue weighted by atomic mass is 16.7. The molecule has 25 heavy (non-hydrogen) atoms. The van der Waals surface area contributed by atoms with E-state index in [-0.39, 0.29) is 18.6 Å². The number of nitrogens with zero attached hydrogens (tertiary/aromatic N) is 2. The zero-order valence-electron chi connectivity index (χ0n) is 15.4. The number of hydrogen-bond donors (Lipinski definition) is 0. The van der Waals surface area contributed by atoms with Crippen LogP contribution in [0.1, 0.15) is 32.3 Å². The third-order valence-corrected chi connectivity index (χ3v) is 5.05. The number of methoxy groups -OCH3 is 1. The fourth-order valence-corrected chi connectivity index (χ4v) is 3.73. The predicted molar refractivity (Wildman–Crippen MR) is 95.0 cm³/mol. The van der Waals surface area contributed by atoms with Crippen molar-refractivity contribution < 1.29 is 19.0 Å². The van der Waals surface area contributed by atoms with E-state index in [1.54, 1.807) is 7.11 Å². The van der Waals surface area contributed by atoms with Crippen LogP contribution in [0, 0.1) is 5.92 Å². The maximum atomic E-state index is 12.7. The van der Waals surface area contributed by atoms with Gasteiger partial charge in [-0.2, -0.15) is 0 Å². The number of benzene rings is 1. The van der Waals surface area contributed by atoms with Crippen molar-refractivity contribution >= 4 is 5.91 Å². The average Bonchev–Trinajstić information content (AvgIpc) is 3.10. The number of carbonyl (C=O) groups is 1. The van der Waals surface area contributed by atoms with E-state index in [4.69, 9.17) is 14.2 Å². The lowest BCUT2D eigenvalue weighted by Gasteiger charge is -2.34. The van der Waals surface area contributed by atoms with Crippen LogP contribution in [0.15, 0.2) is 12.1 Å². The first-order valence-corrected chi connectivity index (χ1v) is 9.13. The molecule has 1 atom stereocenters. The third-order valence-electron chi connectivity index (χ3n) is 5.05. The van der Waals surface area contributed by atoms with Crippen molar-refractivity contribution in [3.63, 3.8) is 0 Å². The Balaban J connectivity index is 1.68. The van der Waals surface area contributed by atoms with Crippen LogP contribution in [0.5, 0.6) is 17.2 Å². The molecule has 2 aliphatic heterocycles. The second kappa shape index (κ2) is 7.95. The number of piperidine rings is 1. The van der Waals surface area contributed by atoms with Crippen LogP contribution in [-0.2, 0) is 11.3 Å². The Morgan fingerprint density at radius 3 is 2.84 bits per heavy atom. The van der Waals surface area contributed by atoms with Gasteiger partial charge in [0.05, 0.1) is 13.0 Å². The van der Waals surface area contributed by atoms with Crippen LogP contribution >= 0.6 is 0 Å². The van der Waals surface area contributed by atoms with Crippen molar-refractivity contribution in [3.8, 4) is 17.2 Å². The number of carbonyl (C=O) groups excluding carboxylic acids is 1. The summed E-state index contributed by atoms with van der Waals surface area (Å²) in [4.78, 5) is 17.0. The first-order chi connectivity index (χ1) is 12.2. The SMILES string of the molecule is CCN(CC)C(=O)C1CCCN(Cc2cc(OC)c3c(c2)OCO3)C1. The number of fused-ring (bicyclic) bond motifs is 1. The maximum absolute atomic E-state index is 12.7. The van der Waals surface area contributed by atoms with Crippen LogP contribution < -0.4 is 14.2 Å². The normalized spacial score (nSPS) is 19.7. The molecular formula is C19H28N2O4. The van der Waals surface area contributed by atoms with E-state index in [2.05, 4.69) is 4.90 Å². The van der Waals surface area contributed by atoms with E-state index in [0.29, 0.717) is 11.5 Å². The Bertz CT molecular complexity index is 616. The van der Waals surface area contributed by atoms with Crippen LogP contribution in [0.2, 0.25) is 0 Å². The number of amides is 1. The van der Waals surface area contributed by atoms with Gasteiger partial charge in [0.15, 0.2) is 11.5 Å². The maximum Gasteiger partial charge on any atom is 0.231 e. The molecule has 0 saturated carbocycles. The Morgan fingerprint density at radius 2 is 2.12 bits per heavy atom. The van der Waals surface area contributed by atoms with Gasteiger partial charge < -0.3 is 19.1 Å². The minimum absolute atomic E-state index is 0.101. The highest BCUT2D eigenvalue weighted by Crippen LogP contribution is 2.42. The first-order valence-electron chi connectivity index (χ1n) is 9.13. The molecule has 0 aliphatic carbocycles. The molecule has 6 nitrogen and oxygen atoms in total. The number of likely N-dealkylation sites (tertiary alicyclic amines) is 1. The van der Waals surface area contributed by atoms with Crippen LogP contribution in [0.25, 0.3) is 0 Å². The summed E-state index contributed by atoms with van der Waals surface area (Å²) < 4.78 is 16.4. The van der Waals surface area contributed by atoms with Crippen LogP contribution in [-0.4, -0.2) is 55.8 Å². The van der Waals surface area contributed by atoms with Gasteiger partial charge in [-0.3, -0.25) is 9.69 Å². The highest BCUT2D eigenvalue weighted by Gasteiger charge is 2.29. The molecular weight excluding hydrogens is 320 g/mol. The van der Waals surface area contributed by atoms with Crippen molar-refractivity contribution in [1.29, 1.82) is 0 Å². The minimum atomic E-state index is 0.101. The number of hydrogen-bond acceptors (Lipinski definition) is 5. The average molecular weight is 348 g/mol. The molecule has 6 heteroatoms. The molecule has 1 aromatic rings. The quantitative estimate of drug-likeness (QED) is 0.791. The summed E-state index contributed by atoms with van der Waals surface area (Å²) in [5.74, 6) is 2.52. The summed E-state index contributed by atoms with van der Waals surface area (Å²) in [5.41, 5.74) is 1.12. The second-order valence-corrected chi connectivity index (χ2v) is 6.62. The van der Waals surface area contributed by atoms with Crippen molar-refractivity contribution in [2.24, 2.45) is 5.92 Å². The van der Waals surface area contributed by atoms with Crippen LogP contribution in [0.4, 0.5) is 0 Å². The van der Waals surface area contributed by atoms with E-state index in [0.717, 1.165) is 56.9 Å². The predicted octanol–water partition coefficient (Wildman–Crippen LogP) is 2.50. The smallest absolute Gasteiger partial charge is 0.231 e. The van der Waals surface area contributed by atoms with Gasteiger partial charge in [-0.25, -0.2) is 0 Å². The fourth-order valence-electron chi connectivity index (χ4n) is 3.73. The van der Waals surface area contributed by atoms with Gasteiger partial charge in [-0.1, -0.05) is 0 Å². The van der Waals surface area contributed by atoms with Crippen LogP contribution in [0.3, 0.4) is 0 Å². The Morgan fingerprint density at radius 1 is 1.32 bits per heavy atom. The van der Waals surface area contributed by atoms with Crippen molar-refractivity contribution in [3.05, 3.63) is 17.7 Å². The molecule has 138 valence electrons. The van der Waals surface area contributed by atoms with Gasteiger partial charge in [-0.15, -0.1) is 0 Å². The Kier molecular flexibility index (Phi) is 5.68. The van der Waals surface area contributed by atoms with Gasteiger partial charge in [0.25, 0.3) is 0 Å². The molecule has 3 rings (SSSR count). The molecule has 1 unspecified atom stereocenters. The van der Waals surface area contributed by atoms with Crippen molar-refractivity contribution in [2.75, 3.05) is 40.1 Å². The van der Waals surface area contributed by atoms with Gasteiger partial charge in [0, 0.05) is 26.2 Å². The molecule has 1 fully saturated rings. The molecule has 0 radical (unpaired) electrons. The fraction of sp³-hybridized carbons (Fsp3) is 0.632. The second-order valence-electron chi connectivity index (χ2n) is 6.62. The summed E-state index contributed by atoms with van der Waals surface area (Å²) >= 11 is 0. The van der Waals surface area contributed by atoms with Crippen molar-refractivity contribution in [1.82, 2.24) is 9.80 Å². The molecule has 1 aromatic carbocycles. The van der Waals surface area contributed by atoms with E-state index < -0.39 is 0 Å².